The maximum atomic E-state index is 11.6. The molecule has 0 aliphatic heterocycles. The zero-order chi connectivity index (χ0) is 15.0. The predicted octanol–water partition coefficient (Wildman–Crippen LogP) is 1.57. The van der Waals surface area contributed by atoms with Gasteiger partial charge in [0, 0.05) is 6.54 Å². The number of rotatable bonds is 8. The van der Waals surface area contributed by atoms with Crippen LogP contribution in [0.3, 0.4) is 0 Å². The van der Waals surface area contributed by atoms with Gasteiger partial charge in [0.25, 0.3) is 0 Å². The molecule has 0 unspecified atom stereocenters. The topological polar surface area (TPSA) is 59.6 Å². The van der Waals surface area contributed by atoms with Crippen LogP contribution in [0, 0.1) is 5.92 Å². The molecule has 0 aliphatic rings. The van der Waals surface area contributed by atoms with Gasteiger partial charge in [-0.25, -0.2) is 0 Å². The van der Waals surface area contributed by atoms with E-state index in [-0.39, 0.29) is 5.91 Å². The third-order valence-electron chi connectivity index (χ3n) is 2.78. The van der Waals surface area contributed by atoms with E-state index in [1.54, 1.807) is 14.2 Å². The normalized spacial score (nSPS) is 10.4. The van der Waals surface area contributed by atoms with Crippen molar-refractivity contribution in [1.82, 2.24) is 10.6 Å². The summed E-state index contributed by atoms with van der Waals surface area (Å²) in [6, 6.07) is 5.60. The lowest BCUT2D eigenvalue weighted by molar-refractivity contribution is -0.120. The van der Waals surface area contributed by atoms with E-state index in [2.05, 4.69) is 24.5 Å². The summed E-state index contributed by atoms with van der Waals surface area (Å²) < 4.78 is 10.4. The molecule has 0 radical (unpaired) electrons. The standard InChI is InChI=1S/C15H24N2O3/c1-11(2)8-16-10-15(18)17-9-12-5-6-13(19-3)14(7-12)20-4/h5-7,11,16H,8-10H2,1-4H3,(H,17,18). The Balaban J connectivity index is 2.43. The highest BCUT2D eigenvalue weighted by molar-refractivity contribution is 5.77. The average Bonchev–Trinajstić information content (AvgIpc) is 2.44. The Morgan fingerprint density at radius 3 is 2.50 bits per heavy atom. The van der Waals surface area contributed by atoms with Crippen LogP contribution in [-0.4, -0.2) is 33.2 Å². The van der Waals surface area contributed by atoms with Crippen molar-refractivity contribution in [3.05, 3.63) is 23.8 Å². The maximum absolute atomic E-state index is 11.6. The Morgan fingerprint density at radius 1 is 1.20 bits per heavy atom. The molecule has 2 N–H and O–H groups in total. The smallest absolute Gasteiger partial charge is 0.234 e. The maximum Gasteiger partial charge on any atom is 0.234 e. The van der Waals surface area contributed by atoms with Crippen molar-refractivity contribution in [2.75, 3.05) is 27.3 Å². The minimum Gasteiger partial charge on any atom is -0.493 e. The molecule has 112 valence electrons. The van der Waals surface area contributed by atoms with Crippen molar-refractivity contribution in [3.63, 3.8) is 0 Å². The van der Waals surface area contributed by atoms with Crippen molar-refractivity contribution >= 4 is 5.91 Å². The fraction of sp³-hybridized carbons (Fsp3) is 0.533. The monoisotopic (exact) mass is 280 g/mol. The highest BCUT2D eigenvalue weighted by atomic mass is 16.5. The second-order valence-corrected chi connectivity index (χ2v) is 4.99. The number of ether oxygens (including phenoxy) is 2. The Hall–Kier alpha value is -1.75. The van der Waals surface area contributed by atoms with E-state index in [1.807, 2.05) is 18.2 Å². The van der Waals surface area contributed by atoms with Gasteiger partial charge in [0.1, 0.15) is 0 Å². The van der Waals surface area contributed by atoms with Crippen LogP contribution in [0.1, 0.15) is 19.4 Å². The number of hydrogen-bond donors (Lipinski definition) is 2. The summed E-state index contributed by atoms with van der Waals surface area (Å²) in [6.45, 7) is 5.86. The largest absolute Gasteiger partial charge is 0.493 e. The third kappa shape index (κ3) is 5.48. The Kier molecular flexibility index (Phi) is 6.87. The molecule has 1 amide bonds. The Bertz CT molecular complexity index is 433. The van der Waals surface area contributed by atoms with Gasteiger partial charge in [-0.05, 0) is 30.2 Å². The minimum atomic E-state index is -0.0135. The lowest BCUT2D eigenvalue weighted by atomic mass is 10.2. The van der Waals surface area contributed by atoms with Gasteiger partial charge in [0.05, 0.1) is 20.8 Å². The molecule has 20 heavy (non-hydrogen) atoms. The summed E-state index contributed by atoms with van der Waals surface area (Å²) in [5, 5.41) is 5.97. The highest BCUT2D eigenvalue weighted by Gasteiger charge is 2.06. The first kappa shape index (κ1) is 16.3. The molecule has 0 saturated heterocycles. The van der Waals surface area contributed by atoms with Gasteiger partial charge >= 0.3 is 0 Å². The lowest BCUT2D eigenvalue weighted by Gasteiger charge is -2.11. The van der Waals surface area contributed by atoms with E-state index in [9.17, 15) is 4.79 Å². The van der Waals surface area contributed by atoms with E-state index in [0.29, 0.717) is 30.5 Å². The fourth-order valence-corrected chi connectivity index (χ4v) is 1.73. The summed E-state index contributed by atoms with van der Waals surface area (Å²) in [5.41, 5.74) is 0.972. The number of amides is 1. The van der Waals surface area contributed by atoms with Crippen LogP contribution < -0.4 is 20.1 Å². The molecule has 0 aliphatic carbocycles. The van der Waals surface area contributed by atoms with Crippen molar-refractivity contribution in [1.29, 1.82) is 0 Å². The molecule has 0 atom stereocenters. The van der Waals surface area contributed by atoms with Crippen molar-refractivity contribution < 1.29 is 14.3 Å². The molecule has 0 aromatic heterocycles. The molecule has 0 spiro atoms. The van der Waals surface area contributed by atoms with Crippen molar-refractivity contribution in [2.24, 2.45) is 5.92 Å². The highest BCUT2D eigenvalue weighted by Crippen LogP contribution is 2.27. The molecule has 0 heterocycles. The van der Waals surface area contributed by atoms with Crippen LogP contribution in [0.2, 0.25) is 0 Å². The zero-order valence-electron chi connectivity index (χ0n) is 12.7. The zero-order valence-corrected chi connectivity index (χ0v) is 12.7. The number of hydrogen-bond acceptors (Lipinski definition) is 4. The van der Waals surface area contributed by atoms with Crippen LogP contribution in [-0.2, 0) is 11.3 Å². The molecule has 0 saturated carbocycles. The number of methoxy groups -OCH3 is 2. The second kappa shape index (κ2) is 8.43. The van der Waals surface area contributed by atoms with Gasteiger partial charge in [-0.1, -0.05) is 19.9 Å². The first-order valence-electron chi connectivity index (χ1n) is 6.75. The van der Waals surface area contributed by atoms with Gasteiger partial charge in [-0.15, -0.1) is 0 Å². The predicted molar refractivity (Wildman–Crippen MR) is 79.1 cm³/mol. The van der Waals surface area contributed by atoms with E-state index in [0.717, 1.165) is 12.1 Å². The number of carbonyl (C=O) groups excluding carboxylic acids is 1. The first-order valence-corrected chi connectivity index (χ1v) is 6.75. The second-order valence-electron chi connectivity index (χ2n) is 4.99. The molecule has 5 nitrogen and oxygen atoms in total. The lowest BCUT2D eigenvalue weighted by Crippen LogP contribution is -2.34. The quantitative estimate of drug-likeness (QED) is 0.759. The van der Waals surface area contributed by atoms with E-state index in [4.69, 9.17) is 9.47 Å². The summed E-state index contributed by atoms with van der Waals surface area (Å²) in [7, 11) is 3.19. The first-order chi connectivity index (χ1) is 9.56. The molecule has 1 aromatic carbocycles. The van der Waals surface area contributed by atoms with Crippen LogP contribution >= 0.6 is 0 Å². The Morgan fingerprint density at radius 2 is 1.90 bits per heavy atom. The number of carbonyl (C=O) groups is 1. The SMILES string of the molecule is COc1ccc(CNC(=O)CNCC(C)C)cc1OC. The third-order valence-corrected chi connectivity index (χ3v) is 2.78. The van der Waals surface area contributed by atoms with Gasteiger partial charge in [0.2, 0.25) is 5.91 Å². The molecular weight excluding hydrogens is 256 g/mol. The average molecular weight is 280 g/mol. The number of benzene rings is 1. The van der Waals surface area contributed by atoms with Gasteiger partial charge in [-0.3, -0.25) is 4.79 Å². The molecular formula is C15H24N2O3. The van der Waals surface area contributed by atoms with Crippen LogP contribution in [0.5, 0.6) is 11.5 Å². The van der Waals surface area contributed by atoms with Gasteiger partial charge < -0.3 is 20.1 Å². The Labute approximate surface area is 120 Å². The van der Waals surface area contributed by atoms with Gasteiger partial charge in [-0.2, -0.15) is 0 Å². The summed E-state index contributed by atoms with van der Waals surface area (Å²) in [5.74, 6) is 1.87. The van der Waals surface area contributed by atoms with Crippen LogP contribution in [0.15, 0.2) is 18.2 Å². The fourth-order valence-electron chi connectivity index (χ4n) is 1.73. The van der Waals surface area contributed by atoms with Gasteiger partial charge in [0.15, 0.2) is 11.5 Å². The summed E-state index contributed by atoms with van der Waals surface area (Å²) in [4.78, 5) is 11.6. The summed E-state index contributed by atoms with van der Waals surface area (Å²) >= 11 is 0. The van der Waals surface area contributed by atoms with E-state index >= 15 is 0 Å². The molecule has 0 fully saturated rings. The molecule has 0 bridgehead atoms. The molecule has 1 rings (SSSR count). The van der Waals surface area contributed by atoms with E-state index in [1.165, 1.54) is 0 Å². The number of nitrogens with one attached hydrogen (secondary N) is 2. The van der Waals surface area contributed by atoms with Crippen molar-refractivity contribution in [2.45, 2.75) is 20.4 Å². The van der Waals surface area contributed by atoms with Crippen LogP contribution in [0.4, 0.5) is 0 Å². The molecule has 5 heteroatoms. The molecule has 1 aromatic rings. The van der Waals surface area contributed by atoms with E-state index < -0.39 is 0 Å². The minimum absolute atomic E-state index is 0.0135. The van der Waals surface area contributed by atoms with Crippen LogP contribution in [0.25, 0.3) is 0 Å². The summed E-state index contributed by atoms with van der Waals surface area (Å²) in [6.07, 6.45) is 0. The van der Waals surface area contributed by atoms with Crippen molar-refractivity contribution in [3.8, 4) is 11.5 Å².